The van der Waals surface area contributed by atoms with Crippen molar-refractivity contribution in [3.05, 3.63) is 28.2 Å². The van der Waals surface area contributed by atoms with Crippen LogP contribution in [-0.4, -0.2) is 89.3 Å². The van der Waals surface area contributed by atoms with Crippen molar-refractivity contribution < 1.29 is 40.7 Å². The molecule has 3 aliphatic heterocycles. The van der Waals surface area contributed by atoms with Gasteiger partial charge in [0.1, 0.15) is 12.2 Å². The van der Waals surface area contributed by atoms with E-state index >= 15 is 0 Å². The van der Waals surface area contributed by atoms with Crippen LogP contribution in [0.3, 0.4) is 0 Å². The highest BCUT2D eigenvalue weighted by Gasteiger charge is 2.63. The van der Waals surface area contributed by atoms with E-state index in [2.05, 4.69) is 10.1 Å². The second-order valence-corrected chi connectivity index (χ2v) is 11.7. The molecule has 0 saturated carbocycles. The molecule has 0 radical (unpaired) electrons. The van der Waals surface area contributed by atoms with Crippen LogP contribution in [-0.2, 0) is 9.59 Å². The van der Waals surface area contributed by atoms with Gasteiger partial charge in [-0.1, -0.05) is 16.8 Å². The van der Waals surface area contributed by atoms with Crippen molar-refractivity contribution in [2.75, 3.05) is 46.9 Å². The van der Waals surface area contributed by atoms with E-state index in [0.29, 0.717) is 27.7 Å². The molecular weight excluding hydrogens is 544 g/mol. The van der Waals surface area contributed by atoms with Gasteiger partial charge >= 0.3 is 0 Å². The van der Waals surface area contributed by atoms with Crippen LogP contribution in [0.4, 0.5) is 0 Å². The molecule has 1 N–H and O–H groups in total. The van der Waals surface area contributed by atoms with Gasteiger partial charge in [0, 0.05) is 25.1 Å². The molecule has 4 atom stereocenters. The Labute approximate surface area is 218 Å². The third kappa shape index (κ3) is 4.49. The number of aliphatic hydroxyl groups excluding tert-OH is 1. The van der Waals surface area contributed by atoms with Gasteiger partial charge in [0.25, 0.3) is 0 Å². The lowest BCUT2D eigenvalue weighted by Gasteiger charge is -2.30. The van der Waals surface area contributed by atoms with Crippen molar-refractivity contribution in [1.29, 1.82) is 0 Å². The number of rotatable bonds is 8. The van der Waals surface area contributed by atoms with Gasteiger partial charge in [-0.05, 0) is 31.5 Å². The largest absolute Gasteiger partial charge is 1.00 e. The summed E-state index contributed by atoms with van der Waals surface area (Å²) in [7, 11) is 4.10. The van der Waals surface area contributed by atoms with E-state index in [1.54, 1.807) is 0 Å². The summed E-state index contributed by atoms with van der Waals surface area (Å²) in [4.78, 5) is 31.6. The molecule has 5 rings (SSSR count). The van der Waals surface area contributed by atoms with E-state index in [1.807, 2.05) is 32.3 Å². The summed E-state index contributed by atoms with van der Waals surface area (Å²) >= 11 is 7.50. The topological polar surface area (TPSA) is 86.9 Å². The fourth-order valence-corrected chi connectivity index (χ4v) is 6.86. The van der Waals surface area contributed by atoms with Gasteiger partial charge in [0.2, 0.25) is 11.8 Å². The first kappa shape index (κ1) is 25.8. The first-order valence-electron chi connectivity index (χ1n) is 11.6. The van der Waals surface area contributed by atoms with Gasteiger partial charge < -0.3 is 31.1 Å². The van der Waals surface area contributed by atoms with Gasteiger partial charge in [-0.2, -0.15) is 0 Å². The number of amides is 2. The molecule has 2 amide bonds. The zero-order valence-electron chi connectivity index (χ0n) is 19.3. The third-order valence-electron chi connectivity index (χ3n) is 7.44. The Morgan fingerprint density at radius 2 is 2.00 bits per heavy atom. The number of likely N-dealkylation sites (tertiary alicyclic amines) is 1. The first-order chi connectivity index (χ1) is 15.8. The SMILES string of the molecule is C[N+](C)(CCO)CCCN1C(=O)[C@@H]2[C@H](C1=O)[C@H]1CCCN1[C@@H]2c1cc(-c2ccc(Cl)s2)on1.[Br-]. The van der Waals surface area contributed by atoms with Gasteiger partial charge in [-0.25, -0.2) is 0 Å². The number of aromatic nitrogens is 1. The predicted molar refractivity (Wildman–Crippen MR) is 125 cm³/mol. The molecule has 0 unspecified atom stereocenters. The molecule has 5 heterocycles. The third-order valence-corrected chi connectivity index (χ3v) is 8.69. The molecule has 8 nitrogen and oxygen atoms in total. The molecule has 2 aromatic rings. The van der Waals surface area contributed by atoms with Crippen LogP contribution in [0.5, 0.6) is 0 Å². The molecule has 3 saturated heterocycles. The summed E-state index contributed by atoms with van der Waals surface area (Å²) in [6.45, 7) is 2.85. The molecular formula is C23H30BrClN4O4S. The number of thiophene rings is 1. The summed E-state index contributed by atoms with van der Waals surface area (Å²) in [5.74, 6) is -0.196. The van der Waals surface area contributed by atoms with Crippen LogP contribution < -0.4 is 17.0 Å². The fraction of sp³-hybridized carbons (Fsp3) is 0.609. The summed E-state index contributed by atoms with van der Waals surface area (Å²) in [6, 6.07) is 5.47. The summed E-state index contributed by atoms with van der Waals surface area (Å²) < 4.78 is 6.97. The number of carbonyl (C=O) groups is 2. The first-order valence-corrected chi connectivity index (χ1v) is 12.8. The van der Waals surface area contributed by atoms with Crippen molar-refractivity contribution in [1.82, 2.24) is 15.0 Å². The highest BCUT2D eigenvalue weighted by atomic mass is 79.9. The Bertz CT molecular complexity index is 1060. The van der Waals surface area contributed by atoms with E-state index in [9.17, 15) is 14.7 Å². The molecule has 34 heavy (non-hydrogen) atoms. The molecule has 0 bridgehead atoms. The van der Waals surface area contributed by atoms with E-state index < -0.39 is 5.92 Å². The lowest BCUT2D eigenvalue weighted by Crippen LogP contribution is -3.00. The van der Waals surface area contributed by atoms with Gasteiger partial charge in [-0.3, -0.25) is 19.4 Å². The van der Waals surface area contributed by atoms with E-state index in [0.717, 1.165) is 42.9 Å². The lowest BCUT2D eigenvalue weighted by atomic mass is 9.86. The lowest BCUT2D eigenvalue weighted by molar-refractivity contribution is -0.890. The maximum atomic E-state index is 13.5. The van der Waals surface area contributed by atoms with E-state index in [4.69, 9.17) is 16.1 Å². The van der Waals surface area contributed by atoms with E-state index in [-0.39, 0.29) is 53.4 Å². The molecule has 0 spiro atoms. The second-order valence-electron chi connectivity index (χ2n) is 9.95. The van der Waals surface area contributed by atoms with Gasteiger partial charge in [0.05, 0.1) is 54.3 Å². The number of fused-ring (bicyclic) bond motifs is 3. The summed E-state index contributed by atoms with van der Waals surface area (Å²) in [6.07, 6.45) is 2.66. The minimum atomic E-state index is -0.410. The van der Waals surface area contributed by atoms with Gasteiger partial charge in [0.15, 0.2) is 5.76 Å². The van der Waals surface area contributed by atoms with Crippen molar-refractivity contribution in [3.63, 3.8) is 0 Å². The maximum absolute atomic E-state index is 13.5. The van der Waals surface area contributed by atoms with Gasteiger partial charge in [-0.15, -0.1) is 11.3 Å². The number of likely N-dealkylation sites (N-methyl/N-ethyl adjacent to an activating group) is 1. The number of quaternary nitrogens is 1. The molecule has 186 valence electrons. The monoisotopic (exact) mass is 572 g/mol. The van der Waals surface area contributed by atoms with Crippen molar-refractivity contribution in [2.45, 2.75) is 31.3 Å². The number of nitrogens with zero attached hydrogens (tertiary/aromatic N) is 4. The molecule has 11 heteroatoms. The standard InChI is InChI=1S/C23H30ClN4O4S.BrH/c1-28(2,11-12-29)10-4-9-27-22(30)19-15-5-3-8-26(15)21(20(19)23(27)31)14-13-16(32-25-14)17-6-7-18(24)33-17;/h6-7,13,15,19-21,29H,3-5,8-12H2,1-2H3;1H/q+1;/p-1/t15-,19-,20-,21-;/m1./s1. The minimum Gasteiger partial charge on any atom is -1.00 e. The Morgan fingerprint density at radius 3 is 2.71 bits per heavy atom. The molecule has 0 aromatic carbocycles. The minimum absolute atomic E-state index is 0. The van der Waals surface area contributed by atoms with Crippen molar-refractivity contribution >= 4 is 34.8 Å². The zero-order valence-corrected chi connectivity index (χ0v) is 22.5. The number of halogens is 2. The fourth-order valence-electron chi connectivity index (χ4n) is 5.87. The Balaban J connectivity index is 0.00000274. The number of hydrogen-bond acceptors (Lipinski definition) is 7. The summed E-state index contributed by atoms with van der Waals surface area (Å²) in [5, 5.41) is 13.6. The smallest absolute Gasteiger partial charge is 0.235 e. The average Bonchev–Trinajstić information content (AvgIpc) is 3.54. The van der Waals surface area contributed by atoms with Crippen molar-refractivity contribution in [2.24, 2.45) is 11.8 Å². The Hall–Kier alpha value is -1.30. The zero-order chi connectivity index (χ0) is 23.3. The summed E-state index contributed by atoms with van der Waals surface area (Å²) in [5.41, 5.74) is 0.720. The Morgan fingerprint density at radius 1 is 1.24 bits per heavy atom. The predicted octanol–water partition coefficient (Wildman–Crippen LogP) is -0.360. The van der Waals surface area contributed by atoms with Crippen LogP contribution in [0, 0.1) is 11.8 Å². The number of aliphatic hydroxyl groups is 1. The van der Waals surface area contributed by atoms with E-state index in [1.165, 1.54) is 16.2 Å². The van der Waals surface area contributed by atoms with Crippen LogP contribution >= 0.6 is 22.9 Å². The quantitative estimate of drug-likeness (QED) is 0.343. The van der Waals surface area contributed by atoms with Crippen LogP contribution in [0.15, 0.2) is 22.7 Å². The molecule has 2 aromatic heterocycles. The normalized spacial score (nSPS) is 26.8. The average molecular weight is 574 g/mol. The van der Waals surface area contributed by atoms with Crippen molar-refractivity contribution in [3.8, 4) is 10.6 Å². The molecule has 3 aliphatic rings. The highest BCUT2D eigenvalue weighted by Crippen LogP contribution is 2.53. The second kappa shape index (κ2) is 9.99. The highest BCUT2D eigenvalue weighted by molar-refractivity contribution is 7.19. The number of imide groups is 1. The van der Waals surface area contributed by atoms with Crippen LogP contribution in [0.2, 0.25) is 4.34 Å². The number of hydrogen-bond donors (Lipinski definition) is 1. The Kier molecular flexibility index (Phi) is 7.57. The van der Waals surface area contributed by atoms with Crippen LogP contribution in [0.1, 0.15) is 31.0 Å². The number of carbonyl (C=O) groups excluding carboxylic acids is 2. The molecule has 0 aliphatic carbocycles. The maximum Gasteiger partial charge on any atom is 0.235 e. The van der Waals surface area contributed by atoms with Crippen LogP contribution in [0.25, 0.3) is 10.6 Å². The molecule has 3 fully saturated rings.